The summed E-state index contributed by atoms with van der Waals surface area (Å²) in [5.41, 5.74) is 2.17. The molecule has 0 unspecified atom stereocenters. The number of rotatable bonds is 14. The van der Waals surface area contributed by atoms with E-state index >= 15 is 0 Å². The Labute approximate surface area is 238 Å². The number of amides is 2. The van der Waals surface area contributed by atoms with Crippen LogP contribution >= 0.6 is 0 Å². The zero-order valence-corrected chi connectivity index (χ0v) is 24.4. The first-order chi connectivity index (χ1) is 19.1. The molecule has 0 radical (unpaired) electrons. The molecule has 0 aliphatic carbocycles. The molecular formula is C31H39N3O5S. The van der Waals surface area contributed by atoms with Gasteiger partial charge in [-0.25, -0.2) is 8.42 Å². The SMILES string of the molecule is COc1ccc(CN(C(=O)CN(Cc2ccccc2)S(C)(=O)=O)[C@@H](C(=O)NCCC(C)C)c2ccccc2)cc1. The van der Waals surface area contributed by atoms with E-state index in [-0.39, 0.29) is 19.0 Å². The summed E-state index contributed by atoms with van der Waals surface area (Å²) in [6.07, 6.45) is 1.88. The van der Waals surface area contributed by atoms with Crippen LogP contribution in [-0.2, 0) is 32.7 Å². The van der Waals surface area contributed by atoms with Gasteiger partial charge in [-0.3, -0.25) is 9.59 Å². The third-order valence-electron chi connectivity index (χ3n) is 6.51. The van der Waals surface area contributed by atoms with Crippen LogP contribution in [0.5, 0.6) is 5.75 Å². The second-order valence-electron chi connectivity index (χ2n) is 10.2. The van der Waals surface area contributed by atoms with Gasteiger partial charge in [0.25, 0.3) is 0 Å². The van der Waals surface area contributed by atoms with Crippen LogP contribution in [0, 0.1) is 5.92 Å². The summed E-state index contributed by atoms with van der Waals surface area (Å²) < 4.78 is 31.9. The second kappa shape index (κ2) is 14.6. The number of carbonyl (C=O) groups is 2. The minimum absolute atomic E-state index is 0.0401. The molecule has 0 fully saturated rings. The fraction of sp³-hybridized carbons (Fsp3) is 0.355. The number of nitrogens with zero attached hydrogens (tertiary/aromatic N) is 2. The summed E-state index contributed by atoms with van der Waals surface area (Å²) in [7, 11) is -2.17. The lowest BCUT2D eigenvalue weighted by Crippen LogP contribution is -2.48. The Hall–Kier alpha value is -3.69. The van der Waals surface area contributed by atoms with Crippen LogP contribution in [0.15, 0.2) is 84.9 Å². The van der Waals surface area contributed by atoms with Gasteiger partial charge in [0.1, 0.15) is 11.8 Å². The van der Waals surface area contributed by atoms with Crippen molar-refractivity contribution >= 4 is 21.8 Å². The molecule has 3 aromatic rings. The molecule has 2 amide bonds. The van der Waals surface area contributed by atoms with Gasteiger partial charge in [0, 0.05) is 19.6 Å². The normalized spacial score (nSPS) is 12.2. The third-order valence-corrected chi connectivity index (χ3v) is 7.71. The third kappa shape index (κ3) is 9.20. The fourth-order valence-corrected chi connectivity index (χ4v) is 4.99. The van der Waals surface area contributed by atoms with Gasteiger partial charge >= 0.3 is 0 Å². The monoisotopic (exact) mass is 565 g/mol. The predicted molar refractivity (Wildman–Crippen MR) is 157 cm³/mol. The molecule has 214 valence electrons. The van der Waals surface area contributed by atoms with Gasteiger partial charge in [-0.15, -0.1) is 0 Å². The number of hydrogen-bond donors (Lipinski definition) is 1. The van der Waals surface area contributed by atoms with Crippen LogP contribution in [0.1, 0.15) is 43.0 Å². The smallest absolute Gasteiger partial charge is 0.247 e. The van der Waals surface area contributed by atoms with E-state index in [9.17, 15) is 18.0 Å². The van der Waals surface area contributed by atoms with Crippen LogP contribution in [-0.4, -0.2) is 55.9 Å². The maximum absolute atomic E-state index is 14.0. The predicted octanol–water partition coefficient (Wildman–Crippen LogP) is 4.39. The van der Waals surface area contributed by atoms with E-state index in [0.717, 1.165) is 28.1 Å². The number of methoxy groups -OCH3 is 1. The molecule has 0 bridgehead atoms. The van der Waals surface area contributed by atoms with Gasteiger partial charge in [0.05, 0.1) is 19.9 Å². The van der Waals surface area contributed by atoms with E-state index < -0.39 is 28.5 Å². The van der Waals surface area contributed by atoms with E-state index in [2.05, 4.69) is 19.2 Å². The number of benzene rings is 3. The Morgan fingerprint density at radius 1 is 0.850 bits per heavy atom. The largest absolute Gasteiger partial charge is 0.497 e. The lowest BCUT2D eigenvalue weighted by atomic mass is 10.0. The number of sulfonamides is 1. The Morgan fingerprint density at radius 2 is 1.43 bits per heavy atom. The summed E-state index contributed by atoms with van der Waals surface area (Å²) in [5.74, 6) is 0.264. The van der Waals surface area contributed by atoms with Crippen LogP contribution in [0.3, 0.4) is 0 Å². The number of nitrogens with one attached hydrogen (secondary N) is 1. The number of carbonyl (C=O) groups excluding carboxylic acids is 2. The van der Waals surface area contributed by atoms with Crippen molar-refractivity contribution in [2.24, 2.45) is 5.92 Å². The lowest BCUT2D eigenvalue weighted by Gasteiger charge is -2.33. The molecule has 1 atom stereocenters. The van der Waals surface area contributed by atoms with Crippen molar-refractivity contribution in [3.05, 3.63) is 102 Å². The molecule has 0 saturated heterocycles. The van der Waals surface area contributed by atoms with Crippen LogP contribution in [0.4, 0.5) is 0 Å². The van der Waals surface area contributed by atoms with Gasteiger partial charge in [-0.05, 0) is 41.2 Å². The van der Waals surface area contributed by atoms with Crippen LogP contribution < -0.4 is 10.1 Å². The second-order valence-corrected chi connectivity index (χ2v) is 12.2. The molecule has 0 heterocycles. The van der Waals surface area contributed by atoms with Gasteiger partial charge < -0.3 is 15.0 Å². The molecule has 3 rings (SSSR count). The molecular weight excluding hydrogens is 526 g/mol. The van der Waals surface area contributed by atoms with Crippen molar-refractivity contribution in [1.82, 2.24) is 14.5 Å². The molecule has 0 aliphatic rings. The quantitative estimate of drug-likeness (QED) is 0.313. The zero-order chi connectivity index (χ0) is 29.1. The maximum Gasteiger partial charge on any atom is 0.247 e. The Balaban J connectivity index is 2.00. The van der Waals surface area contributed by atoms with E-state index in [1.807, 2.05) is 60.7 Å². The summed E-state index contributed by atoms with van der Waals surface area (Å²) in [6, 6.07) is 24.5. The molecule has 40 heavy (non-hydrogen) atoms. The minimum atomic E-state index is -3.74. The summed E-state index contributed by atoms with van der Waals surface area (Å²) in [4.78, 5) is 29.2. The Kier molecular flexibility index (Phi) is 11.3. The highest BCUT2D eigenvalue weighted by atomic mass is 32.2. The maximum atomic E-state index is 14.0. The minimum Gasteiger partial charge on any atom is -0.497 e. The summed E-state index contributed by atoms with van der Waals surface area (Å²) in [5, 5.41) is 2.99. The first kappa shape index (κ1) is 30.8. The molecule has 0 saturated carbocycles. The highest BCUT2D eigenvalue weighted by Crippen LogP contribution is 2.25. The first-order valence-corrected chi connectivity index (χ1v) is 15.2. The average molecular weight is 566 g/mol. The first-order valence-electron chi connectivity index (χ1n) is 13.3. The van der Waals surface area contributed by atoms with Crippen molar-refractivity contribution in [2.45, 2.75) is 39.4 Å². The molecule has 0 spiro atoms. The van der Waals surface area contributed by atoms with Gasteiger partial charge in [0.2, 0.25) is 21.8 Å². The average Bonchev–Trinajstić information content (AvgIpc) is 2.93. The molecule has 8 nitrogen and oxygen atoms in total. The van der Waals surface area contributed by atoms with E-state index in [4.69, 9.17) is 4.74 Å². The lowest BCUT2D eigenvalue weighted by molar-refractivity contribution is -0.141. The Bertz CT molecular complexity index is 1330. The van der Waals surface area contributed by atoms with Crippen molar-refractivity contribution in [2.75, 3.05) is 26.5 Å². The Morgan fingerprint density at radius 3 is 1.98 bits per heavy atom. The molecule has 1 N–H and O–H groups in total. The van der Waals surface area contributed by atoms with E-state index in [1.165, 1.54) is 4.90 Å². The zero-order valence-electron chi connectivity index (χ0n) is 23.6. The highest BCUT2D eigenvalue weighted by molar-refractivity contribution is 7.88. The molecule has 0 aliphatic heterocycles. The number of hydrogen-bond acceptors (Lipinski definition) is 5. The van der Waals surface area contributed by atoms with Crippen molar-refractivity contribution < 1.29 is 22.7 Å². The molecule has 3 aromatic carbocycles. The standard InChI is InChI=1S/C31H39N3O5S/c1-24(2)19-20-32-31(36)30(27-13-9-6-10-14-27)34(22-26-15-17-28(39-3)18-16-26)29(35)23-33(40(4,37)38)21-25-11-7-5-8-12-25/h5-18,24,30H,19-23H2,1-4H3,(H,32,36)/t30-/m1/s1. The topological polar surface area (TPSA) is 96.0 Å². The summed E-state index contributed by atoms with van der Waals surface area (Å²) >= 11 is 0. The fourth-order valence-electron chi connectivity index (χ4n) is 4.26. The summed E-state index contributed by atoms with van der Waals surface area (Å²) in [6.45, 7) is 4.35. The van der Waals surface area contributed by atoms with Crippen molar-refractivity contribution in [3.63, 3.8) is 0 Å². The van der Waals surface area contributed by atoms with E-state index in [0.29, 0.717) is 23.8 Å². The van der Waals surface area contributed by atoms with Crippen LogP contribution in [0.25, 0.3) is 0 Å². The van der Waals surface area contributed by atoms with Gasteiger partial charge in [0.15, 0.2) is 0 Å². The van der Waals surface area contributed by atoms with Gasteiger partial charge in [-0.1, -0.05) is 86.6 Å². The van der Waals surface area contributed by atoms with Crippen molar-refractivity contribution in [3.8, 4) is 5.75 Å². The van der Waals surface area contributed by atoms with Gasteiger partial charge in [-0.2, -0.15) is 4.31 Å². The van der Waals surface area contributed by atoms with Crippen molar-refractivity contribution in [1.29, 1.82) is 0 Å². The van der Waals surface area contributed by atoms with E-state index in [1.54, 1.807) is 31.4 Å². The molecule has 0 aromatic heterocycles. The molecule has 9 heteroatoms. The van der Waals surface area contributed by atoms with Crippen LogP contribution in [0.2, 0.25) is 0 Å². The number of ether oxygens (including phenoxy) is 1. The highest BCUT2D eigenvalue weighted by Gasteiger charge is 2.33.